The summed E-state index contributed by atoms with van der Waals surface area (Å²) in [5, 5.41) is 0.278. The lowest BCUT2D eigenvalue weighted by Crippen LogP contribution is -2.31. The Hall–Kier alpha value is -1.04. The summed E-state index contributed by atoms with van der Waals surface area (Å²) < 4.78 is 0. The maximum absolute atomic E-state index is 12.3. The molecule has 4 nitrogen and oxygen atoms in total. The molecule has 1 fully saturated rings. The molecule has 1 aliphatic heterocycles. The van der Waals surface area contributed by atoms with Gasteiger partial charge in [-0.3, -0.25) is 9.59 Å². The van der Waals surface area contributed by atoms with E-state index in [9.17, 15) is 9.59 Å². The van der Waals surface area contributed by atoms with Crippen LogP contribution in [0.15, 0.2) is 18.2 Å². The quantitative estimate of drug-likeness (QED) is 0.863. The van der Waals surface area contributed by atoms with Gasteiger partial charge in [0.05, 0.1) is 10.9 Å². The van der Waals surface area contributed by atoms with Crippen molar-refractivity contribution in [2.45, 2.75) is 18.6 Å². The van der Waals surface area contributed by atoms with Crippen LogP contribution in [0.4, 0.5) is 5.69 Å². The number of nitrogens with two attached hydrogens (primary N) is 1. The number of benzene rings is 1. The van der Waals surface area contributed by atoms with Crippen LogP contribution in [0, 0.1) is 6.92 Å². The maximum atomic E-state index is 12.3. The van der Waals surface area contributed by atoms with E-state index in [0.29, 0.717) is 23.0 Å². The van der Waals surface area contributed by atoms with Crippen LogP contribution in [0.5, 0.6) is 0 Å². The SMILES string of the molecule is Cc1cc(Cl)ccc1N1C(=O)CC(SCCN)C1=O. The van der Waals surface area contributed by atoms with E-state index in [0.717, 1.165) is 5.56 Å². The van der Waals surface area contributed by atoms with Gasteiger partial charge in [0.25, 0.3) is 0 Å². The van der Waals surface area contributed by atoms with Gasteiger partial charge < -0.3 is 5.73 Å². The topological polar surface area (TPSA) is 63.4 Å². The van der Waals surface area contributed by atoms with Crippen molar-refractivity contribution in [3.8, 4) is 0 Å². The number of nitrogens with zero attached hydrogens (tertiary/aromatic N) is 1. The summed E-state index contributed by atoms with van der Waals surface area (Å²) in [5.41, 5.74) is 6.87. The highest BCUT2D eigenvalue weighted by Crippen LogP contribution is 2.32. The van der Waals surface area contributed by atoms with Crippen molar-refractivity contribution >= 4 is 40.9 Å². The van der Waals surface area contributed by atoms with E-state index < -0.39 is 0 Å². The molecule has 1 unspecified atom stereocenters. The molecule has 0 aliphatic carbocycles. The number of thioether (sulfide) groups is 1. The predicted molar refractivity (Wildman–Crippen MR) is 78.6 cm³/mol. The van der Waals surface area contributed by atoms with Crippen molar-refractivity contribution in [2.24, 2.45) is 5.73 Å². The standard InChI is InChI=1S/C13H15ClN2O2S/c1-8-6-9(14)2-3-10(8)16-12(17)7-11(13(16)18)19-5-4-15/h2-3,6,11H,4-5,7,15H2,1H3. The number of carbonyl (C=O) groups excluding carboxylic acids is 2. The van der Waals surface area contributed by atoms with E-state index >= 15 is 0 Å². The predicted octanol–water partition coefficient (Wildman–Crippen LogP) is 1.97. The number of anilines is 1. The Bertz CT molecular complexity index is 521. The minimum absolute atomic E-state index is 0.158. The lowest BCUT2D eigenvalue weighted by molar-refractivity contribution is -0.121. The maximum Gasteiger partial charge on any atom is 0.247 e. The fourth-order valence-corrected chi connectivity index (χ4v) is 3.22. The summed E-state index contributed by atoms with van der Waals surface area (Å²) in [4.78, 5) is 25.6. The van der Waals surface area contributed by atoms with E-state index in [1.54, 1.807) is 18.2 Å². The average molecular weight is 299 g/mol. The normalized spacial score (nSPS) is 19.3. The Kier molecular flexibility index (Phi) is 4.50. The van der Waals surface area contributed by atoms with E-state index in [-0.39, 0.29) is 23.5 Å². The van der Waals surface area contributed by atoms with Crippen molar-refractivity contribution in [1.29, 1.82) is 0 Å². The van der Waals surface area contributed by atoms with Gasteiger partial charge in [-0.25, -0.2) is 4.90 Å². The molecule has 1 saturated heterocycles. The van der Waals surface area contributed by atoms with Crippen LogP contribution >= 0.6 is 23.4 Å². The molecule has 2 N–H and O–H groups in total. The second-order valence-corrected chi connectivity index (χ2v) is 6.10. The number of amides is 2. The first kappa shape index (κ1) is 14.4. The third-order valence-corrected chi connectivity index (χ3v) is 4.42. The smallest absolute Gasteiger partial charge is 0.247 e. The minimum Gasteiger partial charge on any atom is -0.330 e. The number of rotatable bonds is 4. The van der Waals surface area contributed by atoms with E-state index in [2.05, 4.69) is 0 Å². The Balaban J connectivity index is 2.25. The molecule has 102 valence electrons. The van der Waals surface area contributed by atoms with Gasteiger partial charge in [-0.05, 0) is 30.7 Å². The Morgan fingerprint density at radius 1 is 1.47 bits per heavy atom. The summed E-state index contributed by atoms with van der Waals surface area (Å²) in [6.45, 7) is 2.34. The fourth-order valence-electron chi connectivity index (χ4n) is 2.07. The van der Waals surface area contributed by atoms with Crippen molar-refractivity contribution < 1.29 is 9.59 Å². The second kappa shape index (κ2) is 5.94. The summed E-state index contributed by atoms with van der Waals surface area (Å²) in [7, 11) is 0. The second-order valence-electron chi connectivity index (χ2n) is 4.35. The first-order valence-electron chi connectivity index (χ1n) is 5.99. The van der Waals surface area contributed by atoms with Gasteiger partial charge in [0, 0.05) is 23.7 Å². The van der Waals surface area contributed by atoms with Crippen LogP contribution in [0.3, 0.4) is 0 Å². The third kappa shape index (κ3) is 2.94. The molecule has 0 radical (unpaired) electrons. The van der Waals surface area contributed by atoms with E-state index in [4.69, 9.17) is 17.3 Å². The monoisotopic (exact) mass is 298 g/mol. The highest BCUT2D eigenvalue weighted by molar-refractivity contribution is 8.00. The Labute approximate surface area is 121 Å². The molecule has 0 aromatic heterocycles. The molecular formula is C13H15ClN2O2S. The van der Waals surface area contributed by atoms with Gasteiger partial charge >= 0.3 is 0 Å². The first-order chi connectivity index (χ1) is 9.04. The summed E-state index contributed by atoms with van der Waals surface area (Å²) in [6.07, 6.45) is 0.242. The molecule has 1 aliphatic rings. The van der Waals surface area contributed by atoms with Crippen LogP contribution in [-0.4, -0.2) is 29.4 Å². The zero-order valence-corrected chi connectivity index (χ0v) is 12.1. The van der Waals surface area contributed by atoms with Crippen molar-refractivity contribution in [3.05, 3.63) is 28.8 Å². The molecule has 1 heterocycles. The minimum atomic E-state index is -0.314. The summed E-state index contributed by atoms with van der Waals surface area (Å²) in [6, 6.07) is 5.14. The van der Waals surface area contributed by atoms with Gasteiger partial charge in [0.15, 0.2) is 0 Å². The van der Waals surface area contributed by atoms with Crippen LogP contribution in [0.25, 0.3) is 0 Å². The molecule has 0 bridgehead atoms. The lowest BCUT2D eigenvalue weighted by Gasteiger charge is -2.17. The van der Waals surface area contributed by atoms with Crippen LogP contribution in [0.2, 0.25) is 5.02 Å². The molecule has 0 spiro atoms. The van der Waals surface area contributed by atoms with Gasteiger partial charge in [-0.1, -0.05) is 11.6 Å². The van der Waals surface area contributed by atoms with E-state index in [1.165, 1.54) is 16.7 Å². The zero-order valence-electron chi connectivity index (χ0n) is 10.6. The van der Waals surface area contributed by atoms with Crippen LogP contribution in [0.1, 0.15) is 12.0 Å². The summed E-state index contributed by atoms with van der Waals surface area (Å²) in [5.74, 6) is 0.357. The molecular weight excluding hydrogens is 284 g/mol. The summed E-state index contributed by atoms with van der Waals surface area (Å²) >= 11 is 7.33. The first-order valence-corrected chi connectivity index (χ1v) is 7.42. The molecule has 1 aromatic carbocycles. The molecule has 1 aromatic rings. The van der Waals surface area contributed by atoms with Crippen molar-refractivity contribution in [1.82, 2.24) is 0 Å². The highest BCUT2D eigenvalue weighted by Gasteiger charge is 2.40. The molecule has 2 rings (SSSR count). The molecule has 19 heavy (non-hydrogen) atoms. The Morgan fingerprint density at radius 2 is 2.21 bits per heavy atom. The van der Waals surface area contributed by atoms with Gasteiger partial charge in [0.1, 0.15) is 0 Å². The number of halogens is 1. The van der Waals surface area contributed by atoms with Crippen molar-refractivity contribution in [3.63, 3.8) is 0 Å². The van der Waals surface area contributed by atoms with E-state index in [1.807, 2.05) is 6.92 Å². The molecule has 6 heteroatoms. The number of hydrogen-bond donors (Lipinski definition) is 1. The molecule has 1 atom stereocenters. The molecule has 0 saturated carbocycles. The highest BCUT2D eigenvalue weighted by atomic mass is 35.5. The average Bonchev–Trinajstić information content (AvgIpc) is 2.63. The number of hydrogen-bond acceptors (Lipinski definition) is 4. The third-order valence-electron chi connectivity index (χ3n) is 2.94. The number of carbonyl (C=O) groups is 2. The number of aryl methyl sites for hydroxylation is 1. The lowest BCUT2D eigenvalue weighted by atomic mass is 10.2. The van der Waals surface area contributed by atoms with Gasteiger partial charge in [0.2, 0.25) is 11.8 Å². The number of imide groups is 1. The largest absolute Gasteiger partial charge is 0.330 e. The fraction of sp³-hybridized carbons (Fsp3) is 0.385. The van der Waals surface area contributed by atoms with Gasteiger partial charge in [-0.2, -0.15) is 0 Å². The van der Waals surface area contributed by atoms with Gasteiger partial charge in [-0.15, -0.1) is 11.8 Å². The molecule has 2 amide bonds. The van der Waals surface area contributed by atoms with Crippen molar-refractivity contribution in [2.75, 3.05) is 17.2 Å². The zero-order chi connectivity index (χ0) is 14.0. The Morgan fingerprint density at radius 3 is 2.84 bits per heavy atom. The van der Waals surface area contributed by atoms with Crippen LogP contribution in [-0.2, 0) is 9.59 Å². The van der Waals surface area contributed by atoms with Crippen LogP contribution < -0.4 is 10.6 Å².